The van der Waals surface area contributed by atoms with Gasteiger partial charge in [0.1, 0.15) is 11.8 Å². The zero-order valence-electron chi connectivity index (χ0n) is 19.3. The molecule has 3 aromatic rings. The number of benzene rings is 3. The van der Waals surface area contributed by atoms with Gasteiger partial charge in [0, 0.05) is 28.5 Å². The van der Waals surface area contributed by atoms with Crippen molar-refractivity contribution in [2.45, 2.75) is 32.9 Å². The Morgan fingerprint density at radius 1 is 0.971 bits per heavy atom. The van der Waals surface area contributed by atoms with Gasteiger partial charge in [0.2, 0.25) is 5.91 Å². The normalized spacial score (nSPS) is 11.5. The van der Waals surface area contributed by atoms with Crippen molar-refractivity contribution in [1.82, 2.24) is 10.2 Å². The van der Waals surface area contributed by atoms with Crippen LogP contribution in [0.4, 0.5) is 0 Å². The van der Waals surface area contributed by atoms with Gasteiger partial charge in [-0.15, -0.1) is 0 Å². The number of rotatable bonds is 10. The molecule has 0 spiro atoms. The molecule has 0 heterocycles. The molecule has 0 aromatic heterocycles. The van der Waals surface area contributed by atoms with Gasteiger partial charge in [-0.2, -0.15) is 0 Å². The van der Waals surface area contributed by atoms with Crippen molar-refractivity contribution in [2.75, 3.05) is 13.2 Å². The molecular weight excluding hydrogens is 560 g/mol. The summed E-state index contributed by atoms with van der Waals surface area (Å²) in [4.78, 5) is 28.3. The Labute approximate surface area is 217 Å². The monoisotopic (exact) mass is 586 g/mol. The highest BCUT2D eigenvalue weighted by atomic mass is 79.9. The number of hydrogen-bond acceptors (Lipinski definition) is 3. The fourth-order valence-corrected chi connectivity index (χ4v) is 4.31. The van der Waals surface area contributed by atoms with E-state index in [-0.39, 0.29) is 25.0 Å². The molecule has 5 nitrogen and oxygen atoms in total. The van der Waals surface area contributed by atoms with Crippen molar-refractivity contribution >= 4 is 43.7 Å². The third-order valence-corrected chi connectivity index (χ3v) is 6.74. The summed E-state index contributed by atoms with van der Waals surface area (Å²) in [5, 5.41) is 2.90. The fourth-order valence-electron chi connectivity index (χ4n) is 3.61. The lowest BCUT2D eigenvalue weighted by atomic mass is 10.0. The number of nitrogens with zero attached hydrogens (tertiary/aromatic N) is 1. The van der Waals surface area contributed by atoms with Gasteiger partial charge in [-0.3, -0.25) is 9.59 Å². The van der Waals surface area contributed by atoms with Gasteiger partial charge < -0.3 is 15.0 Å². The van der Waals surface area contributed by atoms with Gasteiger partial charge in [0.25, 0.3) is 5.91 Å². The number of nitrogens with one attached hydrogen (secondary N) is 1. The molecule has 3 rings (SSSR count). The number of likely N-dealkylation sites (N-methyl/N-ethyl adjacent to an activating group) is 1. The first kappa shape index (κ1) is 26.0. The molecule has 34 heavy (non-hydrogen) atoms. The largest absolute Gasteiger partial charge is 0.484 e. The lowest BCUT2D eigenvalue weighted by Crippen LogP contribution is -2.51. The first-order chi connectivity index (χ1) is 16.4. The lowest BCUT2D eigenvalue weighted by Gasteiger charge is -2.31. The third kappa shape index (κ3) is 7.43. The molecule has 3 aromatic carbocycles. The highest BCUT2D eigenvalue weighted by Crippen LogP contribution is 2.22. The van der Waals surface area contributed by atoms with Crippen LogP contribution < -0.4 is 10.1 Å². The van der Waals surface area contributed by atoms with E-state index in [2.05, 4.69) is 37.2 Å². The number of amides is 2. The maximum atomic E-state index is 13.5. The molecule has 0 saturated carbocycles. The van der Waals surface area contributed by atoms with Crippen LogP contribution in [-0.2, 0) is 22.6 Å². The fraction of sp³-hybridized carbons (Fsp3) is 0.259. The average Bonchev–Trinajstić information content (AvgIpc) is 2.82. The van der Waals surface area contributed by atoms with Crippen LogP contribution >= 0.6 is 31.9 Å². The van der Waals surface area contributed by atoms with E-state index in [0.29, 0.717) is 18.7 Å². The van der Waals surface area contributed by atoms with E-state index in [1.54, 1.807) is 4.90 Å². The number of hydrogen-bond donors (Lipinski definition) is 1. The molecule has 1 N–H and O–H groups in total. The number of halogens is 2. The Balaban J connectivity index is 1.89. The Kier molecular flexibility index (Phi) is 9.72. The maximum Gasteiger partial charge on any atom is 0.261 e. The van der Waals surface area contributed by atoms with E-state index >= 15 is 0 Å². The molecule has 0 saturated heterocycles. The summed E-state index contributed by atoms with van der Waals surface area (Å²) < 4.78 is 7.72. The second-order valence-electron chi connectivity index (χ2n) is 7.95. The summed E-state index contributed by atoms with van der Waals surface area (Å²) in [6.45, 7) is 4.44. The quantitative estimate of drug-likeness (QED) is 0.332. The van der Waals surface area contributed by atoms with Crippen molar-refractivity contribution < 1.29 is 14.3 Å². The summed E-state index contributed by atoms with van der Waals surface area (Å²) in [7, 11) is 0. The molecule has 0 fully saturated rings. The Morgan fingerprint density at radius 3 is 2.38 bits per heavy atom. The van der Waals surface area contributed by atoms with Crippen molar-refractivity contribution in [3.8, 4) is 5.75 Å². The van der Waals surface area contributed by atoms with Crippen LogP contribution in [0.2, 0.25) is 0 Å². The molecule has 178 valence electrons. The van der Waals surface area contributed by atoms with Crippen LogP contribution in [0.15, 0.2) is 81.7 Å². The molecule has 0 radical (unpaired) electrons. The maximum absolute atomic E-state index is 13.5. The second kappa shape index (κ2) is 12.7. The Hall–Kier alpha value is -2.64. The SMILES string of the molecule is CCNC(=O)[C@H](Cc1ccccc1)N(Cc1cccc(Br)c1)C(=O)COc1ccc(Br)c(C)c1. The molecule has 0 aliphatic rings. The summed E-state index contributed by atoms with van der Waals surface area (Å²) in [5.74, 6) is 0.163. The highest BCUT2D eigenvalue weighted by Gasteiger charge is 2.30. The van der Waals surface area contributed by atoms with Gasteiger partial charge in [-0.05, 0) is 60.9 Å². The molecule has 0 bridgehead atoms. The smallest absolute Gasteiger partial charge is 0.261 e. The number of carbonyl (C=O) groups excluding carboxylic acids is 2. The first-order valence-electron chi connectivity index (χ1n) is 11.1. The van der Waals surface area contributed by atoms with Gasteiger partial charge in [-0.1, -0.05) is 74.3 Å². The Bertz CT molecular complexity index is 1120. The minimum atomic E-state index is -0.677. The van der Waals surface area contributed by atoms with Crippen molar-refractivity contribution in [3.05, 3.63) is 98.4 Å². The van der Waals surface area contributed by atoms with Crippen LogP contribution in [0.3, 0.4) is 0 Å². The summed E-state index contributed by atoms with van der Waals surface area (Å²) >= 11 is 6.97. The number of carbonyl (C=O) groups is 2. The molecule has 0 aliphatic carbocycles. The molecule has 0 unspecified atom stereocenters. The van der Waals surface area contributed by atoms with Crippen LogP contribution in [-0.4, -0.2) is 35.9 Å². The minimum absolute atomic E-state index is 0.167. The predicted molar refractivity (Wildman–Crippen MR) is 142 cm³/mol. The van der Waals surface area contributed by atoms with E-state index in [4.69, 9.17) is 4.74 Å². The van der Waals surface area contributed by atoms with Crippen LogP contribution in [0.1, 0.15) is 23.6 Å². The molecular formula is C27H28Br2N2O3. The lowest BCUT2D eigenvalue weighted by molar-refractivity contribution is -0.142. The van der Waals surface area contributed by atoms with Gasteiger partial charge >= 0.3 is 0 Å². The molecule has 7 heteroatoms. The zero-order chi connectivity index (χ0) is 24.5. The summed E-state index contributed by atoms with van der Waals surface area (Å²) in [6, 6.07) is 22.4. The highest BCUT2D eigenvalue weighted by molar-refractivity contribution is 9.10. The van der Waals surface area contributed by atoms with E-state index in [1.807, 2.05) is 86.6 Å². The van der Waals surface area contributed by atoms with Gasteiger partial charge in [0.15, 0.2) is 6.61 Å². The van der Waals surface area contributed by atoms with E-state index in [9.17, 15) is 9.59 Å². The molecule has 2 amide bonds. The Morgan fingerprint density at radius 2 is 1.71 bits per heavy atom. The minimum Gasteiger partial charge on any atom is -0.484 e. The van der Waals surface area contributed by atoms with Crippen LogP contribution in [0, 0.1) is 6.92 Å². The van der Waals surface area contributed by atoms with Gasteiger partial charge in [0.05, 0.1) is 0 Å². The average molecular weight is 588 g/mol. The van der Waals surface area contributed by atoms with E-state index in [1.165, 1.54) is 0 Å². The summed E-state index contributed by atoms with van der Waals surface area (Å²) in [5.41, 5.74) is 2.92. The molecule has 1 atom stereocenters. The van der Waals surface area contributed by atoms with Crippen LogP contribution in [0.25, 0.3) is 0 Å². The van der Waals surface area contributed by atoms with Crippen molar-refractivity contribution in [2.24, 2.45) is 0 Å². The number of aryl methyl sites for hydroxylation is 1. The first-order valence-corrected chi connectivity index (χ1v) is 12.7. The predicted octanol–water partition coefficient (Wildman–Crippen LogP) is 5.68. The summed E-state index contributed by atoms with van der Waals surface area (Å²) in [6.07, 6.45) is 0.407. The standard InChI is InChI=1S/C27H28Br2N2O3/c1-3-30-27(33)25(16-20-8-5-4-6-9-20)31(17-21-10-7-11-22(28)15-21)26(32)18-34-23-12-13-24(29)19(2)14-23/h4-15,25H,3,16-18H2,1-2H3,(H,30,33)/t25-/m0/s1. The molecule has 0 aliphatic heterocycles. The third-order valence-electron chi connectivity index (χ3n) is 5.36. The second-order valence-corrected chi connectivity index (χ2v) is 9.72. The van der Waals surface area contributed by atoms with Gasteiger partial charge in [-0.25, -0.2) is 0 Å². The zero-order valence-corrected chi connectivity index (χ0v) is 22.4. The van der Waals surface area contributed by atoms with Crippen molar-refractivity contribution in [3.63, 3.8) is 0 Å². The number of ether oxygens (including phenoxy) is 1. The van der Waals surface area contributed by atoms with E-state index in [0.717, 1.165) is 25.6 Å². The van der Waals surface area contributed by atoms with Crippen molar-refractivity contribution in [1.29, 1.82) is 0 Å². The van der Waals surface area contributed by atoms with Crippen LogP contribution in [0.5, 0.6) is 5.75 Å². The topological polar surface area (TPSA) is 58.6 Å². The van der Waals surface area contributed by atoms with E-state index < -0.39 is 6.04 Å².